The Hall–Kier alpha value is -2.47. The fourth-order valence-corrected chi connectivity index (χ4v) is 3.40. The summed E-state index contributed by atoms with van der Waals surface area (Å²) in [6.07, 6.45) is 3.69. The Kier molecular flexibility index (Phi) is 3.69. The number of halogens is 1. The third-order valence-electron chi connectivity index (χ3n) is 4.95. The predicted octanol–water partition coefficient (Wildman–Crippen LogP) is 2.49. The van der Waals surface area contributed by atoms with E-state index >= 15 is 0 Å². The summed E-state index contributed by atoms with van der Waals surface area (Å²) >= 11 is 0. The third kappa shape index (κ3) is 2.73. The van der Waals surface area contributed by atoms with Crippen molar-refractivity contribution in [2.75, 3.05) is 13.1 Å². The van der Waals surface area contributed by atoms with Crippen molar-refractivity contribution in [3.63, 3.8) is 0 Å². The van der Waals surface area contributed by atoms with Crippen LogP contribution in [0.4, 0.5) is 4.39 Å². The minimum Gasteiger partial charge on any atom is -0.439 e. The highest BCUT2D eigenvalue weighted by atomic mass is 19.1. The number of carbonyl (C=O) groups is 1. The van der Waals surface area contributed by atoms with Gasteiger partial charge in [0.2, 0.25) is 5.88 Å². The van der Waals surface area contributed by atoms with Crippen LogP contribution in [0, 0.1) is 11.7 Å². The summed E-state index contributed by atoms with van der Waals surface area (Å²) in [4.78, 5) is 16.6. The van der Waals surface area contributed by atoms with Crippen molar-refractivity contribution in [3.05, 3.63) is 54.0 Å². The van der Waals surface area contributed by atoms with Gasteiger partial charge >= 0.3 is 0 Å². The summed E-state index contributed by atoms with van der Waals surface area (Å²) in [7, 11) is 0. The van der Waals surface area contributed by atoms with Crippen LogP contribution in [-0.2, 0) is 0 Å². The molecule has 6 heteroatoms. The van der Waals surface area contributed by atoms with Gasteiger partial charge in [0.1, 0.15) is 11.6 Å². The van der Waals surface area contributed by atoms with E-state index in [0.29, 0.717) is 23.1 Å². The van der Waals surface area contributed by atoms with Gasteiger partial charge in [0.05, 0.1) is 11.1 Å². The number of pyridine rings is 1. The molecule has 1 amide bonds. The quantitative estimate of drug-likeness (QED) is 0.906. The van der Waals surface area contributed by atoms with E-state index in [-0.39, 0.29) is 17.3 Å². The Balaban J connectivity index is 1.41. The maximum atomic E-state index is 12.9. The first-order valence-electron chi connectivity index (χ1n) is 8.07. The number of hydrogen-bond donors (Lipinski definition) is 2. The molecule has 1 saturated carbocycles. The summed E-state index contributed by atoms with van der Waals surface area (Å²) in [6.45, 7) is 1.81. The molecular weight excluding hydrogens is 309 g/mol. The van der Waals surface area contributed by atoms with E-state index < -0.39 is 0 Å². The molecule has 1 aliphatic carbocycles. The number of hydrogen-bond acceptors (Lipinski definition) is 4. The van der Waals surface area contributed by atoms with Gasteiger partial charge in [-0.15, -0.1) is 0 Å². The predicted molar refractivity (Wildman–Crippen MR) is 86.5 cm³/mol. The second kappa shape index (κ2) is 5.87. The van der Waals surface area contributed by atoms with Crippen molar-refractivity contribution >= 4 is 5.91 Å². The number of nitrogens with one attached hydrogen (secondary N) is 2. The SMILES string of the molecule is O=C(N[C@]12CC[C@H]1CNC2)c1ccc(Oc2ccc(F)cc2)nc1. The molecule has 2 heterocycles. The first-order valence-corrected chi connectivity index (χ1v) is 8.07. The molecule has 2 aliphatic rings. The number of carbonyl (C=O) groups excluding carboxylic acids is 1. The van der Waals surface area contributed by atoms with Crippen LogP contribution in [0.3, 0.4) is 0 Å². The molecule has 0 radical (unpaired) electrons. The topological polar surface area (TPSA) is 63.2 Å². The second-order valence-electron chi connectivity index (χ2n) is 6.42. The average Bonchev–Trinajstić information content (AvgIpc) is 2.85. The minimum absolute atomic E-state index is 0.0830. The molecule has 0 bridgehead atoms. The van der Waals surface area contributed by atoms with Crippen LogP contribution in [0.15, 0.2) is 42.6 Å². The van der Waals surface area contributed by atoms with E-state index in [1.807, 2.05) is 0 Å². The Morgan fingerprint density at radius 1 is 1.29 bits per heavy atom. The largest absolute Gasteiger partial charge is 0.439 e. The number of rotatable bonds is 4. The molecule has 2 atom stereocenters. The molecule has 124 valence electrons. The van der Waals surface area contributed by atoms with Crippen molar-refractivity contribution in [1.29, 1.82) is 0 Å². The molecule has 1 aromatic heterocycles. The highest BCUT2D eigenvalue weighted by molar-refractivity contribution is 5.94. The Labute approximate surface area is 139 Å². The summed E-state index contributed by atoms with van der Waals surface area (Å²) in [5, 5.41) is 6.50. The van der Waals surface area contributed by atoms with Crippen molar-refractivity contribution in [3.8, 4) is 11.6 Å². The van der Waals surface area contributed by atoms with Crippen LogP contribution in [0.25, 0.3) is 0 Å². The van der Waals surface area contributed by atoms with E-state index in [2.05, 4.69) is 15.6 Å². The first-order chi connectivity index (χ1) is 11.6. The van der Waals surface area contributed by atoms with Gasteiger partial charge in [-0.3, -0.25) is 4.79 Å². The van der Waals surface area contributed by atoms with Gasteiger partial charge in [-0.25, -0.2) is 9.37 Å². The molecule has 2 aromatic rings. The Morgan fingerprint density at radius 3 is 2.75 bits per heavy atom. The van der Waals surface area contributed by atoms with Crippen LogP contribution in [0.5, 0.6) is 11.6 Å². The molecular formula is C18H18FN3O2. The summed E-state index contributed by atoms with van der Waals surface area (Å²) in [5.74, 6) is 0.965. The maximum absolute atomic E-state index is 12.9. The fraction of sp³-hybridized carbons (Fsp3) is 0.333. The lowest BCUT2D eigenvalue weighted by molar-refractivity contribution is 0.0764. The molecule has 4 rings (SSSR count). The second-order valence-corrected chi connectivity index (χ2v) is 6.42. The zero-order valence-corrected chi connectivity index (χ0v) is 13.1. The highest BCUT2D eigenvalue weighted by Gasteiger charge is 2.50. The van der Waals surface area contributed by atoms with Gasteiger partial charge in [-0.2, -0.15) is 0 Å². The van der Waals surface area contributed by atoms with Crippen LogP contribution < -0.4 is 15.4 Å². The van der Waals surface area contributed by atoms with Crippen molar-refractivity contribution in [1.82, 2.24) is 15.6 Å². The van der Waals surface area contributed by atoms with Crippen LogP contribution >= 0.6 is 0 Å². The third-order valence-corrected chi connectivity index (χ3v) is 4.95. The lowest BCUT2D eigenvalue weighted by Gasteiger charge is -2.44. The van der Waals surface area contributed by atoms with Gasteiger partial charge in [0, 0.05) is 25.4 Å². The molecule has 0 spiro atoms. The van der Waals surface area contributed by atoms with Gasteiger partial charge in [-0.1, -0.05) is 0 Å². The Bertz CT molecular complexity index is 748. The molecule has 2 fully saturated rings. The lowest BCUT2D eigenvalue weighted by Crippen LogP contribution is -2.60. The molecule has 2 N–H and O–H groups in total. The summed E-state index contributed by atoms with van der Waals surface area (Å²) in [6, 6.07) is 9.03. The van der Waals surface area contributed by atoms with Gasteiger partial charge in [-0.05, 0) is 49.1 Å². The molecule has 24 heavy (non-hydrogen) atoms. The van der Waals surface area contributed by atoms with Gasteiger partial charge in [0.15, 0.2) is 0 Å². The Morgan fingerprint density at radius 2 is 2.12 bits per heavy atom. The standard InChI is InChI=1S/C18H18FN3O2/c19-14-2-4-15(5-3-14)24-16-6-1-12(9-21-16)17(23)22-18-8-7-13(18)10-20-11-18/h1-6,9,13,20H,7-8,10-11H2,(H,22,23)/t13-,18-/m0/s1. The van der Waals surface area contributed by atoms with E-state index in [1.165, 1.54) is 30.5 Å². The van der Waals surface area contributed by atoms with Gasteiger partial charge in [0.25, 0.3) is 5.91 Å². The fourth-order valence-electron chi connectivity index (χ4n) is 3.40. The molecule has 1 aliphatic heterocycles. The monoisotopic (exact) mass is 327 g/mol. The van der Waals surface area contributed by atoms with Crippen molar-refractivity contribution < 1.29 is 13.9 Å². The lowest BCUT2D eigenvalue weighted by atomic mass is 9.69. The number of fused-ring (bicyclic) bond motifs is 1. The maximum Gasteiger partial charge on any atom is 0.253 e. The first kappa shape index (κ1) is 15.1. The van der Waals surface area contributed by atoms with Crippen molar-refractivity contribution in [2.24, 2.45) is 5.92 Å². The smallest absolute Gasteiger partial charge is 0.253 e. The molecule has 0 unspecified atom stereocenters. The van der Waals surface area contributed by atoms with Crippen LogP contribution in [0.1, 0.15) is 23.2 Å². The number of amides is 1. The van der Waals surface area contributed by atoms with Crippen LogP contribution in [-0.4, -0.2) is 29.5 Å². The molecule has 5 nitrogen and oxygen atoms in total. The molecule has 1 aromatic carbocycles. The number of ether oxygens (including phenoxy) is 1. The average molecular weight is 327 g/mol. The van der Waals surface area contributed by atoms with E-state index in [9.17, 15) is 9.18 Å². The van der Waals surface area contributed by atoms with Crippen molar-refractivity contribution in [2.45, 2.75) is 18.4 Å². The molecule has 1 saturated heterocycles. The van der Waals surface area contributed by atoms with E-state index in [0.717, 1.165) is 25.9 Å². The summed E-state index contributed by atoms with van der Waals surface area (Å²) in [5.41, 5.74) is 0.425. The van der Waals surface area contributed by atoms with E-state index in [1.54, 1.807) is 12.1 Å². The highest BCUT2D eigenvalue weighted by Crippen LogP contribution is 2.41. The number of aromatic nitrogens is 1. The number of benzene rings is 1. The van der Waals surface area contributed by atoms with Crippen LogP contribution in [0.2, 0.25) is 0 Å². The normalized spacial score (nSPS) is 24.8. The minimum atomic E-state index is -0.322. The number of nitrogens with zero attached hydrogens (tertiary/aromatic N) is 1. The zero-order chi connectivity index (χ0) is 16.6. The summed E-state index contributed by atoms with van der Waals surface area (Å²) < 4.78 is 18.4. The zero-order valence-electron chi connectivity index (χ0n) is 13.1. The van der Waals surface area contributed by atoms with Gasteiger partial charge < -0.3 is 15.4 Å². The van der Waals surface area contributed by atoms with E-state index in [4.69, 9.17) is 4.74 Å².